The maximum atomic E-state index is 12.1. The van der Waals surface area contributed by atoms with Crippen molar-refractivity contribution in [3.8, 4) is 11.5 Å². The Morgan fingerprint density at radius 1 is 1.07 bits per heavy atom. The molecule has 0 atom stereocenters. The number of carbonyl (C=O) groups is 1. The molecule has 0 aliphatic rings. The monoisotopic (exact) mass is 405 g/mol. The van der Waals surface area contributed by atoms with E-state index in [-0.39, 0.29) is 10.9 Å². The van der Waals surface area contributed by atoms with Crippen molar-refractivity contribution < 1.29 is 13.6 Å². The molecule has 0 saturated carbocycles. The summed E-state index contributed by atoms with van der Waals surface area (Å²) in [5.41, 5.74) is 6.32. The number of furan rings is 1. The van der Waals surface area contributed by atoms with E-state index in [2.05, 4.69) is 21.7 Å². The summed E-state index contributed by atoms with van der Waals surface area (Å²) in [4.78, 5) is 16.7. The summed E-state index contributed by atoms with van der Waals surface area (Å²) < 4.78 is 11.1. The van der Waals surface area contributed by atoms with Gasteiger partial charge in [-0.3, -0.25) is 10.1 Å². The van der Waals surface area contributed by atoms with E-state index >= 15 is 0 Å². The highest BCUT2D eigenvalue weighted by Crippen LogP contribution is 2.30. The van der Waals surface area contributed by atoms with Crippen molar-refractivity contribution in [1.29, 1.82) is 0 Å². The zero-order valence-electron chi connectivity index (χ0n) is 16.2. The number of nitrogens with one attached hydrogen (secondary N) is 2. The van der Waals surface area contributed by atoms with Crippen LogP contribution in [0.5, 0.6) is 0 Å². The minimum Gasteiger partial charge on any atom is -0.459 e. The van der Waals surface area contributed by atoms with Crippen LogP contribution in [0.15, 0.2) is 57.6 Å². The van der Waals surface area contributed by atoms with Gasteiger partial charge in [-0.25, -0.2) is 4.98 Å². The van der Waals surface area contributed by atoms with Crippen LogP contribution in [-0.2, 0) is 0 Å². The quantitative estimate of drug-likeness (QED) is 0.460. The Labute approximate surface area is 172 Å². The zero-order valence-corrected chi connectivity index (χ0v) is 17.0. The first-order valence-corrected chi connectivity index (χ1v) is 9.46. The Morgan fingerprint density at radius 2 is 1.90 bits per heavy atom. The van der Waals surface area contributed by atoms with E-state index in [1.165, 1.54) is 6.26 Å². The van der Waals surface area contributed by atoms with Crippen LogP contribution >= 0.6 is 12.2 Å². The Kier molecular flexibility index (Phi) is 4.90. The highest BCUT2D eigenvalue weighted by Gasteiger charge is 2.14. The normalized spacial score (nSPS) is 10.9. The highest BCUT2D eigenvalue weighted by atomic mass is 32.1. The molecular weight excluding hydrogens is 386 g/mol. The number of carbonyl (C=O) groups excluding carboxylic acids is 1. The van der Waals surface area contributed by atoms with Crippen LogP contribution in [0, 0.1) is 20.8 Å². The second-order valence-electron chi connectivity index (χ2n) is 6.86. The standard InChI is InChI=1S/C22H19N3O3S/c1-12-9-14(3)19-17(10-12)23-21(28-19)15-7-6-13(2)16(11-15)24-22(29)25-20(26)18-5-4-8-27-18/h4-11H,1-3H3,(H2,24,25,26,29). The highest BCUT2D eigenvalue weighted by molar-refractivity contribution is 7.80. The number of hydrogen-bond acceptors (Lipinski definition) is 5. The predicted octanol–water partition coefficient (Wildman–Crippen LogP) is 5.14. The molecule has 0 spiro atoms. The molecule has 2 heterocycles. The van der Waals surface area contributed by atoms with Gasteiger partial charge in [-0.15, -0.1) is 0 Å². The van der Waals surface area contributed by atoms with E-state index in [9.17, 15) is 4.79 Å². The number of hydrogen-bond donors (Lipinski definition) is 2. The fourth-order valence-corrected chi connectivity index (χ4v) is 3.32. The predicted molar refractivity (Wildman–Crippen MR) is 116 cm³/mol. The summed E-state index contributed by atoms with van der Waals surface area (Å²) in [7, 11) is 0. The summed E-state index contributed by atoms with van der Waals surface area (Å²) in [6.07, 6.45) is 1.43. The van der Waals surface area contributed by atoms with Gasteiger partial charge >= 0.3 is 0 Å². The lowest BCUT2D eigenvalue weighted by molar-refractivity contribution is 0.0950. The number of anilines is 1. The summed E-state index contributed by atoms with van der Waals surface area (Å²) in [6.45, 7) is 5.99. The van der Waals surface area contributed by atoms with Crippen molar-refractivity contribution in [2.45, 2.75) is 20.8 Å². The first kappa shape index (κ1) is 18.9. The van der Waals surface area contributed by atoms with Gasteiger partial charge in [0.2, 0.25) is 5.89 Å². The van der Waals surface area contributed by atoms with Crippen LogP contribution < -0.4 is 10.6 Å². The van der Waals surface area contributed by atoms with Crippen molar-refractivity contribution in [3.63, 3.8) is 0 Å². The molecule has 1 amide bonds. The van der Waals surface area contributed by atoms with E-state index in [4.69, 9.17) is 21.1 Å². The van der Waals surface area contributed by atoms with Crippen LogP contribution in [0.25, 0.3) is 22.6 Å². The third-order valence-corrected chi connectivity index (χ3v) is 4.73. The average molecular weight is 405 g/mol. The number of rotatable bonds is 3. The van der Waals surface area contributed by atoms with Crippen LogP contribution in [0.1, 0.15) is 27.2 Å². The lowest BCUT2D eigenvalue weighted by Crippen LogP contribution is -2.34. The molecule has 0 radical (unpaired) electrons. The molecule has 0 unspecified atom stereocenters. The van der Waals surface area contributed by atoms with E-state index < -0.39 is 5.91 Å². The number of fused-ring (bicyclic) bond motifs is 1. The first-order chi connectivity index (χ1) is 13.9. The van der Waals surface area contributed by atoms with Crippen molar-refractivity contribution in [2.24, 2.45) is 0 Å². The van der Waals surface area contributed by atoms with Gasteiger partial charge in [0, 0.05) is 11.3 Å². The van der Waals surface area contributed by atoms with Gasteiger partial charge in [0.1, 0.15) is 5.52 Å². The second kappa shape index (κ2) is 7.52. The molecule has 4 rings (SSSR count). The van der Waals surface area contributed by atoms with Gasteiger partial charge in [-0.2, -0.15) is 0 Å². The minimum absolute atomic E-state index is 0.177. The Balaban J connectivity index is 1.58. The molecule has 0 bridgehead atoms. The number of nitrogens with zero attached hydrogens (tertiary/aromatic N) is 1. The van der Waals surface area contributed by atoms with Gasteiger partial charge in [-0.05, 0) is 80.0 Å². The summed E-state index contributed by atoms with van der Waals surface area (Å²) >= 11 is 5.27. The van der Waals surface area contributed by atoms with Crippen molar-refractivity contribution >= 4 is 40.0 Å². The van der Waals surface area contributed by atoms with Gasteiger partial charge in [0.05, 0.1) is 6.26 Å². The smallest absolute Gasteiger partial charge is 0.293 e. The molecule has 7 heteroatoms. The number of oxazole rings is 1. The fraction of sp³-hybridized carbons (Fsp3) is 0.136. The number of amides is 1. The maximum absolute atomic E-state index is 12.1. The fourth-order valence-electron chi connectivity index (χ4n) is 3.12. The van der Waals surface area contributed by atoms with Gasteiger partial charge in [0.25, 0.3) is 5.91 Å². The van der Waals surface area contributed by atoms with Crippen LogP contribution in [0.4, 0.5) is 5.69 Å². The lowest BCUT2D eigenvalue weighted by Gasteiger charge is -2.12. The average Bonchev–Trinajstić information content (AvgIpc) is 3.33. The second-order valence-corrected chi connectivity index (χ2v) is 7.27. The van der Waals surface area contributed by atoms with Crippen molar-refractivity contribution in [3.05, 3.63) is 71.2 Å². The molecule has 2 aromatic carbocycles. The Hall–Kier alpha value is -3.45. The molecule has 2 N–H and O–H groups in total. The molecular formula is C22H19N3O3S. The Morgan fingerprint density at radius 3 is 2.66 bits per heavy atom. The third kappa shape index (κ3) is 3.90. The van der Waals surface area contributed by atoms with E-state index in [1.807, 2.05) is 45.0 Å². The first-order valence-electron chi connectivity index (χ1n) is 9.05. The molecule has 146 valence electrons. The SMILES string of the molecule is Cc1cc(C)c2oc(-c3ccc(C)c(NC(=S)NC(=O)c4ccco4)c3)nc2c1. The maximum Gasteiger partial charge on any atom is 0.293 e. The van der Waals surface area contributed by atoms with Crippen LogP contribution in [-0.4, -0.2) is 16.0 Å². The number of aromatic nitrogens is 1. The molecule has 4 aromatic rings. The molecule has 0 saturated heterocycles. The van der Waals surface area contributed by atoms with Gasteiger partial charge in [0.15, 0.2) is 16.5 Å². The number of benzene rings is 2. The zero-order chi connectivity index (χ0) is 20.5. The molecule has 2 aromatic heterocycles. The Bertz CT molecular complexity index is 1230. The number of aryl methyl sites for hydroxylation is 3. The molecule has 6 nitrogen and oxygen atoms in total. The summed E-state index contributed by atoms with van der Waals surface area (Å²) in [5, 5.41) is 5.83. The molecule has 0 aliphatic carbocycles. The topological polar surface area (TPSA) is 80.3 Å². The minimum atomic E-state index is -0.411. The van der Waals surface area contributed by atoms with E-state index in [0.717, 1.165) is 39.0 Å². The van der Waals surface area contributed by atoms with Crippen LogP contribution in [0.2, 0.25) is 0 Å². The van der Waals surface area contributed by atoms with E-state index in [0.29, 0.717) is 5.89 Å². The number of thiocarbonyl (C=S) groups is 1. The van der Waals surface area contributed by atoms with Gasteiger partial charge < -0.3 is 14.2 Å². The third-order valence-electron chi connectivity index (χ3n) is 4.52. The molecule has 0 aliphatic heterocycles. The molecule has 0 fully saturated rings. The molecule has 29 heavy (non-hydrogen) atoms. The van der Waals surface area contributed by atoms with Crippen molar-refractivity contribution in [1.82, 2.24) is 10.3 Å². The van der Waals surface area contributed by atoms with Gasteiger partial charge in [-0.1, -0.05) is 12.1 Å². The van der Waals surface area contributed by atoms with Crippen molar-refractivity contribution in [2.75, 3.05) is 5.32 Å². The summed E-state index contributed by atoms with van der Waals surface area (Å²) in [6, 6.07) is 13.1. The van der Waals surface area contributed by atoms with E-state index in [1.54, 1.807) is 12.1 Å². The van der Waals surface area contributed by atoms with Crippen LogP contribution in [0.3, 0.4) is 0 Å². The largest absolute Gasteiger partial charge is 0.459 e. The lowest BCUT2D eigenvalue weighted by atomic mass is 10.1. The summed E-state index contributed by atoms with van der Waals surface area (Å²) in [5.74, 6) is 0.310.